The van der Waals surface area contributed by atoms with Gasteiger partial charge in [0, 0.05) is 11.4 Å². The molecular formula is C10H17NO2S. The van der Waals surface area contributed by atoms with Gasteiger partial charge >= 0.3 is 0 Å². The largest absolute Gasteiger partial charge is 0.326 e. The highest BCUT2D eigenvalue weighted by Gasteiger charge is 2.08. The van der Waals surface area contributed by atoms with E-state index in [2.05, 4.69) is 6.58 Å². The van der Waals surface area contributed by atoms with Gasteiger partial charge in [-0.2, -0.15) is 0 Å². The highest BCUT2D eigenvalue weighted by Crippen LogP contribution is 2.07. The first-order valence-corrected chi connectivity index (χ1v) is 6.05. The Bertz CT molecular complexity index is 350. The van der Waals surface area contributed by atoms with Crippen LogP contribution in [0.3, 0.4) is 0 Å². The van der Waals surface area contributed by atoms with E-state index in [-0.39, 0.29) is 5.75 Å². The topological polar surface area (TPSA) is 60.2 Å². The van der Waals surface area contributed by atoms with Gasteiger partial charge in [0.2, 0.25) is 0 Å². The number of hydrogen-bond donors (Lipinski definition) is 1. The van der Waals surface area contributed by atoms with Gasteiger partial charge in [-0.3, -0.25) is 0 Å². The summed E-state index contributed by atoms with van der Waals surface area (Å²) < 4.78 is 22.7. The maximum Gasteiger partial charge on any atom is 0.174 e. The molecule has 0 radical (unpaired) electrons. The smallest absolute Gasteiger partial charge is 0.174 e. The number of hydrogen-bond acceptors (Lipinski definition) is 3. The average molecular weight is 215 g/mol. The van der Waals surface area contributed by atoms with Crippen molar-refractivity contribution < 1.29 is 8.42 Å². The Balaban J connectivity index is 4.87. The molecule has 0 fully saturated rings. The Morgan fingerprint density at radius 3 is 2.36 bits per heavy atom. The minimum Gasteiger partial charge on any atom is -0.326 e. The molecule has 0 rings (SSSR count). The third-order valence-corrected chi connectivity index (χ3v) is 3.78. The molecule has 0 unspecified atom stereocenters. The molecule has 4 heteroatoms. The van der Waals surface area contributed by atoms with Crippen molar-refractivity contribution in [1.82, 2.24) is 0 Å². The lowest BCUT2D eigenvalue weighted by molar-refractivity contribution is 0.603. The summed E-state index contributed by atoms with van der Waals surface area (Å²) >= 11 is 0. The van der Waals surface area contributed by atoms with Crippen LogP contribution in [0.25, 0.3) is 0 Å². The monoisotopic (exact) mass is 215 g/mol. The zero-order valence-electron chi connectivity index (χ0n) is 8.66. The molecule has 3 nitrogen and oxygen atoms in total. The third kappa shape index (κ3) is 3.89. The van der Waals surface area contributed by atoms with Crippen molar-refractivity contribution in [2.45, 2.75) is 13.8 Å². The van der Waals surface area contributed by atoms with Crippen molar-refractivity contribution >= 4 is 9.84 Å². The maximum absolute atomic E-state index is 11.3. The molecule has 14 heavy (non-hydrogen) atoms. The van der Waals surface area contributed by atoms with E-state index < -0.39 is 9.84 Å². The van der Waals surface area contributed by atoms with Gasteiger partial charge < -0.3 is 5.73 Å². The van der Waals surface area contributed by atoms with Crippen LogP contribution in [0, 0.1) is 0 Å². The molecule has 0 aliphatic carbocycles. The Kier molecular flexibility index (Phi) is 5.42. The van der Waals surface area contributed by atoms with E-state index in [9.17, 15) is 8.42 Å². The first-order valence-electron chi connectivity index (χ1n) is 4.40. The molecule has 80 valence electrons. The number of rotatable bonds is 5. The summed E-state index contributed by atoms with van der Waals surface area (Å²) in [6.07, 6.45) is 4.85. The summed E-state index contributed by atoms with van der Waals surface area (Å²) in [7, 11) is -3.07. The number of sulfone groups is 1. The van der Waals surface area contributed by atoms with Crippen molar-refractivity contribution in [1.29, 1.82) is 0 Å². The molecular weight excluding hydrogens is 198 g/mol. The lowest BCUT2D eigenvalue weighted by atomic mass is 10.2. The molecule has 0 aromatic heterocycles. The van der Waals surface area contributed by atoms with Crippen molar-refractivity contribution in [3.8, 4) is 0 Å². The second kappa shape index (κ2) is 5.78. The Morgan fingerprint density at radius 1 is 1.43 bits per heavy atom. The average Bonchev–Trinajstić information content (AvgIpc) is 2.19. The van der Waals surface area contributed by atoms with Gasteiger partial charge in [0.25, 0.3) is 0 Å². The van der Waals surface area contributed by atoms with Gasteiger partial charge in [-0.05, 0) is 18.6 Å². The Hall–Kier alpha value is -0.870. The second-order valence-corrected chi connectivity index (χ2v) is 5.28. The van der Waals surface area contributed by atoms with Crippen LogP contribution in [0.2, 0.25) is 0 Å². The molecule has 0 saturated carbocycles. The lowest BCUT2D eigenvalue weighted by Crippen LogP contribution is -2.04. The van der Waals surface area contributed by atoms with Crippen LogP contribution in [-0.4, -0.2) is 20.7 Å². The number of allylic oxidation sites excluding steroid dienone is 3. The Morgan fingerprint density at radius 2 is 2.00 bits per heavy atom. The molecule has 2 N–H and O–H groups in total. The maximum atomic E-state index is 11.3. The van der Waals surface area contributed by atoms with E-state index in [1.807, 2.05) is 0 Å². The predicted molar refractivity (Wildman–Crippen MR) is 60.6 cm³/mol. The molecule has 0 atom stereocenters. The van der Waals surface area contributed by atoms with Crippen molar-refractivity contribution in [3.05, 3.63) is 35.3 Å². The molecule has 0 saturated heterocycles. The van der Waals surface area contributed by atoms with Crippen LogP contribution >= 0.6 is 0 Å². The second-order valence-electron chi connectivity index (χ2n) is 2.83. The quantitative estimate of drug-likeness (QED) is 0.705. The first kappa shape index (κ1) is 13.1. The summed E-state index contributed by atoms with van der Waals surface area (Å²) in [6.45, 7) is 7.12. The fourth-order valence-corrected chi connectivity index (χ4v) is 1.51. The summed E-state index contributed by atoms with van der Waals surface area (Å²) in [5.41, 5.74) is 6.21. The highest BCUT2D eigenvalue weighted by atomic mass is 32.2. The normalized spacial score (nSPS) is 14.2. The lowest BCUT2D eigenvalue weighted by Gasteiger charge is -1.99. The summed E-state index contributed by atoms with van der Waals surface area (Å²) in [6, 6.07) is 0. The fraction of sp³-hybridized carbons (Fsp3) is 0.400. The minimum atomic E-state index is -3.07. The predicted octanol–water partition coefficient (Wildman–Crippen LogP) is 1.40. The molecule has 0 aliphatic heterocycles. The van der Waals surface area contributed by atoms with Crippen LogP contribution in [0.15, 0.2) is 35.3 Å². The fourth-order valence-electron chi connectivity index (χ4n) is 0.775. The molecule has 0 bridgehead atoms. The van der Waals surface area contributed by atoms with E-state index in [0.717, 1.165) is 5.57 Å². The van der Waals surface area contributed by atoms with Crippen molar-refractivity contribution in [3.63, 3.8) is 0 Å². The molecule has 0 amide bonds. The molecule has 0 aliphatic rings. The summed E-state index contributed by atoms with van der Waals surface area (Å²) in [5, 5.41) is 0. The van der Waals surface area contributed by atoms with E-state index in [0.29, 0.717) is 11.4 Å². The highest BCUT2D eigenvalue weighted by molar-refractivity contribution is 7.95. The van der Waals surface area contributed by atoms with Gasteiger partial charge in [-0.15, -0.1) is 0 Å². The van der Waals surface area contributed by atoms with E-state index in [4.69, 9.17) is 5.73 Å². The van der Waals surface area contributed by atoms with Crippen LogP contribution < -0.4 is 5.73 Å². The van der Waals surface area contributed by atoms with Gasteiger partial charge in [-0.25, -0.2) is 8.42 Å². The van der Waals surface area contributed by atoms with Crippen LogP contribution in [0.5, 0.6) is 0 Å². The zero-order valence-corrected chi connectivity index (χ0v) is 9.47. The first-order chi connectivity index (χ1) is 6.47. The molecule has 0 heterocycles. The third-order valence-electron chi connectivity index (χ3n) is 1.90. The van der Waals surface area contributed by atoms with Gasteiger partial charge in [-0.1, -0.05) is 25.7 Å². The number of nitrogens with two attached hydrogens (primary N) is 1. The summed E-state index contributed by atoms with van der Waals surface area (Å²) in [5.74, 6) is 0.120. The zero-order chi connectivity index (χ0) is 11.2. The van der Waals surface area contributed by atoms with Crippen LogP contribution in [0.1, 0.15) is 13.8 Å². The Labute approximate surface area is 85.9 Å². The van der Waals surface area contributed by atoms with E-state index >= 15 is 0 Å². The standard InChI is InChI=1S/C10H17NO2S/c1-4-10(8-11)7-6-9(3)14(12,13)5-2/h4,6-7H,1,5,8,11H2,2-3H3/b9-6+,10-7+. The van der Waals surface area contributed by atoms with Crippen molar-refractivity contribution in [2.24, 2.45) is 5.73 Å². The van der Waals surface area contributed by atoms with Gasteiger partial charge in [0.15, 0.2) is 9.84 Å². The molecule has 0 aromatic carbocycles. The van der Waals surface area contributed by atoms with Crippen LogP contribution in [-0.2, 0) is 9.84 Å². The van der Waals surface area contributed by atoms with Gasteiger partial charge in [0.1, 0.15) is 0 Å². The van der Waals surface area contributed by atoms with E-state index in [1.54, 1.807) is 32.1 Å². The SMILES string of the molecule is C=C/C(=C\C=C(/C)S(=O)(=O)CC)CN. The summed E-state index contributed by atoms with van der Waals surface area (Å²) in [4.78, 5) is 0.354. The minimum absolute atomic E-state index is 0.120. The van der Waals surface area contributed by atoms with Gasteiger partial charge in [0.05, 0.1) is 5.75 Å². The van der Waals surface area contributed by atoms with Crippen LogP contribution in [0.4, 0.5) is 0 Å². The van der Waals surface area contributed by atoms with Crippen molar-refractivity contribution in [2.75, 3.05) is 12.3 Å². The molecule has 0 aromatic rings. The van der Waals surface area contributed by atoms with E-state index in [1.165, 1.54) is 0 Å². The molecule has 0 spiro atoms.